The second kappa shape index (κ2) is 7.22. The number of pyridine rings is 1. The lowest BCUT2D eigenvalue weighted by Gasteiger charge is -2.09. The molecule has 0 aliphatic rings. The van der Waals surface area contributed by atoms with Crippen LogP contribution in [-0.4, -0.2) is 16.5 Å². The van der Waals surface area contributed by atoms with Crippen molar-refractivity contribution < 1.29 is 0 Å². The van der Waals surface area contributed by atoms with Crippen LogP contribution in [0.2, 0.25) is 5.02 Å². The molecule has 4 heteroatoms. The zero-order valence-corrected chi connectivity index (χ0v) is 13.4. The molecule has 2 aromatic rings. The first-order chi connectivity index (χ1) is 9.24. The number of benzene rings is 1. The van der Waals surface area contributed by atoms with Gasteiger partial charge in [-0.2, -0.15) is 0 Å². The van der Waals surface area contributed by atoms with E-state index in [4.69, 9.17) is 11.6 Å². The Labute approximate surface area is 128 Å². The first kappa shape index (κ1) is 14.8. The molecule has 100 valence electrons. The van der Waals surface area contributed by atoms with Crippen LogP contribution in [0.3, 0.4) is 0 Å². The van der Waals surface area contributed by atoms with Crippen molar-refractivity contribution in [3.8, 4) is 11.1 Å². The third kappa shape index (κ3) is 3.91. The van der Waals surface area contributed by atoms with Crippen LogP contribution in [0.25, 0.3) is 11.1 Å². The summed E-state index contributed by atoms with van der Waals surface area (Å²) in [6, 6.07) is 10.1. The summed E-state index contributed by atoms with van der Waals surface area (Å²) >= 11 is 9.56. The molecule has 0 saturated heterocycles. The fourth-order valence-corrected chi connectivity index (χ4v) is 3.52. The lowest BCUT2D eigenvalue weighted by molar-refractivity contribution is 1.04. The monoisotopic (exact) mass is 309 g/mol. The predicted octanol–water partition coefficient (Wildman–Crippen LogP) is 5.63. The van der Waals surface area contributed by atoms with Crippen molar-refractivity contribution >= 4 is 35.1 Å². The number of aromatic nitrogens is 1. The van der Waals surface area contributed by atoms with E-state index >= 15 is 0 Å². The Morgan fingerprint density at radius 1 is 1.00 bits per heavy atom. The minimum absolute atomic E-state index is 0.762. The van der Waals surface area contributed by atoms with Crippen LogP contribution in [-0.2, 0) is 0 Å². The predicted molar refractivity (Wildman–Crippen MR) is 87.5 cm³/mol. The molecule has 1 heterocycles. The fourth-order valence-electron chi connectivity index (χ4n) is 1.74. The normalized spacial score (nSPS) is 10.7. The van der Waals surface area contributed by atoms with Crippen LogP contribution >= 0.6 is 35.1 Å². The molecule has 0 bridgehead atoms. The van der Waals surface area contributed by atoms with Gasteiger partial charge in [0.2, 0.25) is 0 Å². The third-order valence-electron chi connectivity index (χ3n) is 2.58. The first-order valence-corrected chi connectivity index (χ1v) is 8.61. The number of hydrogen-bond donors (Lipinski definition) is 0. The van der Waals surface area contributed by atoms with E-state index in [1.165, 1.54) is 4.90 Å². The van der Waals surface area contributed by atoms with Crippen LogP contribution in [0.5, 0.6) is 0 Å². The molecule has 19 heavy (non-hydrogen) atoms. The molecule has 0 unspecified atom stereocenters. The Bertz CT molecular complexity index is 540. The van der Waals surface area contributed by atoms with Crippen molar-refractivity contribution in [1.82, 2.24) is 4.98 Å². The number of rotatable bonds is 5. The summed E-state index contributed by atoms with van der Waals surface area (Å²) in [5, 5.41) is 1.89. The third-order valence-corrected chi connectivity index (χ3v) is 4.76. The molecule has 0 N–H and O–H groups in total. The van der Waals surface area contributed by atoms with Crippen LogP contribution in [0.1, 0.15) is 13.8 Å². The van der Waals surface area contributed by atoms with Crippen molar-refractivity contribution in [2.45, 2.75) is 23.8 Å². The Hall–Kier alpha value is -0.640. The maximum absolute atomic E-state index is 5.92. The van der Waals surface area contributed by atoms with Crippen LogP contribution in [0.15, 0.2) is 46.5 Å². The quantitative estimate of drug-likeness (QED) is 0.665. The highest BCUT2D eigenvalue weighted by molar-refractivity contribution is 8.02. The minimum atomic E-state index is 0.762. The lowest BCUT2D eigenvalue weighted by Crippen LogP contribution is -1.88. The Morgan fingerprint density at radius 2 is 1.68 bits per heavy atom. The molecular formula is C15H16ClNS2. The molecule has 0 fully saturated rings. The zero-order valence-electron chi connectivity index (χ0n) is 11.0. The molecule has 1 nitrogen and oxygen atoms in total. The van der Waals surface area contributed by atoms with Gasteiger partial charge in [-0.05, 0) is 35.3 Å². The van der Waals surface area contributed by atoms with E-state index in [1.807, 2.05) is 42.2 Å². The van der Waals surface area contributed by atoms with Gasteiger partial charge in [0, 0.05) is 21.7 Å². The zero-order chi connectivity index (χ0) is 13.7. The average Bonchev–Trinajstić information content (AvgIpc) is 2.42. The molecule has 0 spiro atoms. The smallest absolute Gasteiger partial charge is 0.110 e. The van der Waals surface area contributed by atoms with Crippen molar-refractivity contribution in [1.29, 1.82) is 0 Å². The average molecular weight is 310 g/mol. The van der Waals surface area contributed by atoms with Crippen molar-refractivity contribution in [2.24, 2.45) is 0 Å². The van der Waals surface area contributed by atoms with Crippen LogP contribution in [0.4, 0.5) is 0 Å². The summed E-state index contributed by atoms with van der Waals surface area (Å²) in [6.07, 6.45) is 1.95. The summed E-state index contributed by atoms with van der Waals surface area (Å²) in [5.41, 5.74) is 2.30. The van der Waals surface area contributed by atoms with Gasteiger partial charge < -0.3 is 0 Å². The van der Waals surface area contributed by atoms with E-state index in [9.17, 15) is 0 Å². The number of nitrogens with zero attached hydrogens (tertiary/aromatic N) is 1. The molecule has 1 aromatic carbocycles. The highest BCUT2D eigenvalue weighted by Gasteiger charge is 2.07. The second-order valence-corrected chi connectivity index (χ2v) is 6.90. The molecule has 0 saturated carbocycles. The lowest BCUT2D eigenvalue weighted by atomic mass is 10.1. The van der Waals surface area contributed by atoms with Gasteiger partial charge in [0.15, 0.2) is 0 Å². The summed E-state index contributed by atoms with van der Waals surface area (Å²) in [7, 11) is 0. The molecule has 0 amide bonds. The summed E-state index contributed by atoms with van der Waals surface area (Å²) in [6.45, 7) is 4.32. The highest BCUT2D eigenvalue weighted by atomic mass is 35.5. The van der Waals surface area contributed by atoms with E-state index in [2.05, 4.69) is 24.9 Å². The molecule has 0 aliphatic heterocycles. The minimum Gasteiger partial charge on any atom is -0.248 e. The Balaban J connectivity index is 2.36. The van der Waals surface area contributed by atoms with Gasteiger partial charge in [0.1, 0.15) is 5.03 Å². The fraction of sp³-hybridized carbons (Fsp3) is 0.267. The van der Waals surface area contributed by atoms with Crippen molar-refractivity contribution in [2.75, 3.05) is 11.5 Å². The van der Waals surface area contributed by atoms with E-state index in [-0.39, 0.29) is 0 Å². The van der Waals surface area contributed by atoms with Gasteiger partial charge in [-0.1, -0.05) is 37.6 Å². The Morgan fingerprint density at radius 3 is 2.32 bits per heavy atom. The number of halogens is 1. The van der Waals surface area contributed by atoms with Gasteiger partial charge in [-0.3, -0.25) is 0 Å². The molecular weight excluding hydrogens is 294 g/mol. The van der Waals surface area contributed by atoms with Gasteiger partial charge in [0.25, 0.3) is 0 Å². The van der Waals surface area contributed by atoms with E-state index < -0.39 is 0 Å². The van der Waals surface area contributed by atoms with Gasteiger partial charge in [-0.25, -0.2) is 4.98 Å². The number of thioether (sulfide) groups is 2. The molecule has 0 radical (unpaired) electrons. The van der Waals surface area contributed by atoms with E-state index in [0.29, 0.717) is 0 Å². The molecule has 1 aromatic heterocycles. The SMILES string of the molecule is CCSc1cc(-c2ccc(Cl)cc2)cnc1SCC. The summed E-state index contributed by atoms with van der Waals surface area (Å²) in [5.74, 6) is 2.10. The summed E-state index contributed by atoms with van der Waals surface area (Å²) in [4.78, 5) is 5.86. The first-order valence-electron chi connectivity index (χ1n) is 6.26. The Kier molecular flexibility index (Phi) is 5.61. The largest absolute Gasteiger partial charge is 0.248 e. The van der Waals surface area contributed by atoms with Crippen molar-refractivity contribution in [3.63, 3.8) is 0 Å². The van der Waals surface area contributed by atoms with Gasteiger partial charge >= 0.3 is 0 Å². The second-order valence-electron chi connectivity index (χ2n) is 3.90. The van der Waals surface area contributed by atoms with Crippen molar-refractivity contribution in [3.05, 3.63) is 41.6 Å². The standard InChI is InChI=1S/C15H16ClNS2/c1-3-18-14-9-12(10-17-15(14)19-4-2)11-5-7-13(16)8-6-11/h5-10H,3-4H2,1-2H3. The molecule has 2 rings (SSSR count). The van der Waals surface area contributed by atoms with Gasteiger partial charge in [0.05, 0.1) is 0 Å². The number of hydrogen-bond acceptors (Lipinski definition) is 3. The maximum Gasteiger partial charge on any atom is 0.110 e. The summed E-state index contributed by atoms with van der Waals surface area (Å²) < 4.78 is 0. The van der Waals surface area contributed by atoms with Crippen LogP contribution in [0, 0.1) is 0 Å². The van der Waals surface area contributed by atoms with Crippen LogP contribution < -0.4 is 0 Å². The maximum atomic E-state index is 5.92. The highest BCUT2D eigenvalue weighted by Crippen LogP contribution is 2.32. The van der Waals surface area contributed by atoms with E-state index in [1.54, 1.807) is 11.8 Å². The molecule has 0 aliphatic carbocycles. The van der Waals surface area contributed by atoms with E-state index in [0.717, 1.165) is 32.7 Å². The molecule has 0 atom stereocenters. The van der Waals surface area contributed by atoms with Gasteiger partial charge in [-0.15, -0.1) is 23.5 Å². The topological polar surface area (TPSA) is 12.9 Å².